The van der Waals surface area contributed by atoms with E-state index in [9.17, 15) is 0 Å². The third kappa shape index (κ3) is 5.27. The molecule has 1 fully saturated rings. The lowest BCUT2D eigenvalue weighted by molar-refractivity contribution is 0.100. The van der Waals surface area contributed by atoms with Crippen LogP contribution in [0.3, 0.4) is 0 Å². The van der Waals surface area contributed by atoms with Crippen LogP contribution in [0.1, 0.15) is 39.5 Å². The van der Waals surface area contributed by atoms with Crippen molar-refractivity contribution in [2.45, 2.75) is 45.6 Å². The van der Waals surface area contributed by atoms with Crippen LogP contribution in [0.4, 0.5) is 0 Å². The van der Waals surface area contributed by atoms with Crippen molar-refractivity contribution in [2.75, 3.05) is 19.8 Å². The average Bonchev–Trinajstić information content (AvgIpc) is 2.89. The fourth-order valence-electron chi connectivity index (χ4n) is 1.54. The van der Waals surface area contributed by atoms with E-state index in [1.807, 2.05) is 0 Å². The molecule has 0 aliphatic heterocycles. The van der Waals surface area contributed by atoms with Crippen molar-refractivity contribution in [3.63, 3.8) is 0 Å². The Bertz CT molecular complexity index is 117. The summed E-state index contributed by atoms with van der Waals surface area (Å²) >= 11 is 0. The van der Waals surface area contributed by atoms with Crippen LogP contribution in [-0.4, -0.2) is 25.8 Å². The fraction of sp³-hybridized carbons (Fsp3) is 1.00. The summed E-state index contributed by atoms with van der Waals surface area (Å²) in [6.45, 7) is 7.33. The first-order chi connectivity index (χ1) is 6.36. The highest BCUT2D eigenvalue weighted by Crippen LogP contribution is 2.28. The average molecular weight is 185 g/mol. The molecule has 1 saturated carbocycles. The van der Waals surface area contributed by atoms with Gasteiger partial charge in [-0.3, -0.25) is 0 Å². The van der Waals surface area contributed by atoms with Crippen molar-refractivity contribution in [2.24, 2.45) is 5.92 Å². The summed E-state index contributed by atoms with van der Waals surface area (Å²) in [6, 6.07) is 0.578. The molecule has 0 amide bonds. The maximum absolute atomic E-state index is 5.66. The summed E-state index contributed by atoms with van der Waals surface area (Å²) in [7, 11) is 0. The van der Waals surface area contributed by atoms with Crippen molar-refractivity contribution in [1.82, 2.24) is 5.32 Å². The van der Waals surface area contributed by atoms with E-state index in [0.29, 0.717) is 6.04 Å². The van der Waals surface area contributed by atoms with Gasteiger partial charge < -0.3 is 10.1 Å². The van der Waals surface area contributed by atoms with E-state index < -0.39 is 0 Å². The van der Waals surface area contributed by atoms with Gasteiger partial charge in [-0.05, 0) is 31.7 Å². The normalized spacial score (nSPS) is 18.9. The molecule has 2 nitrogen and oxygen atoms in total. The van der Waals surface area contributed by atoms with Gasteiger partial charge in [-0.1, -0.05) is 20.3 Å². The Kier molecular flexibility index (Phi) is 5.40. The summed E-state index contributed by atoms with van der Waals surface area (Å²) in [5.74, 6) is 0.893. The lowest BCUT2D eigenvalue weighted by Crippen LogP contribution is -2.33. The van der Waals surface area contributed by atoms with Gasteiger partial charge in [0, 0.05) is 12.6 Å². The molecule has 2 heteroatoms. The number of hydrogen-bond donors (Lipinski definition) is 1. The zero-order valence-electron chi connectivity index (χ0n) is 9.01. The number of rotatable bonds is 8. The topological polar surface area (TPSA) is 21.3 Å². The minimum atomic E-state index is 0.578. The summed E-state index contributed by atoms with van der Waals surface area (Å²) < 4.78 is 5.66. The Labute approximate surface area is 82.0 Å². The van der Waals surface area contributed by atoms with Crippen molar-refractivity contribution in [3.05, 3.63) is 0 Å². The second-order valence-corrected chi connectivity index (χ2v) is 4.02. The summed E-state index contributed by atoms with van der Waals surface area (Å²) in [4.78, 5) is 0. The molecule has 0 aromatic rings. The van der Waals surface area contributed by atoms with Crippen LogP contribution in [0, 0.1) is 5.92 Å². The minimum absolute atomic E-state index is 0.578. The van der Waals surface area contributed by atoms with Gasteiger partial charge in [-0.15, -0.1) is 0 Å². The molecule has 1 N–H and O–H groups in total. The summed E-state index contributed by atoms with van der Waals surface area (Å²) in [5, 5.41) is 3.45. The highest BCUT2D eigenvalue weighted by molar-refractivity contribution is 4.73. The van der Waals surface area contributed by atoms with Crippen LogP contribution in [0.25, 0.3) is 0 Å². The van der Waals surface area contributed by atoms with Crippen LogP contribution < -0.4 is 5.32 Å². The molecule has 0 saturated heterocycles. The van der Waals surface area contributed by atoms with Crippen LogP contribution >= 0.6 is 0 Å². The van der Waals surface area contributed by atoms with Gasteiger partial charge in [0.15, 0.2) is 0 Å². The van der Waals surface area contributed by atoms with Crippen LogP contribution in [0.2, 0.25) is 0 Å². The zero-order valence-corrected chi connectivity index (χ0v) is 9.01. The summed E-state index contributed by atoms with van der Waals surface area (Å²) in [6.07, 6.45) is 5.25. The zero-order chi connectivity index (χ0) is 9.52. The molecule has 13 heavy (non-hydrogen) atoms. The Morgan fingerprint density at radius 1 is 1.38 bits per heavy atom. The van der Waals surface area contributed by atoms with Crippen LogP contribution in [-0.2, 0) is 4.74 Å². The molecular formula is C11H23NO. The van der Waals surface area contributed by atoms with Gasteiger partial charge in [0.1, 0.15) is 0 Å². The first kappa shape index (κ1) is 11.0. The monoisotopic (exact) mass is 185 g/mol. The maximum atomic E-state index is 5.66. The molecule has 1 atom stereocenters. The van der Waals surface area contributed by atoms with Gasteiger partial charge >= 0.3 is 0 Å². The van der Waals surface area contributed by atoms with Gasteiger partial charge in [-0.25, -0.2) is 0 Å². The molecule has 0 aromatic heterocycles. The highest BCUT2D eigenvalue weighted by Gasteiger charge is 2.21. The molecule has 1 rings (SSSR count). The number of likely N-dealkylation sites (N-methyl/N-ethyl adjacent to an activating group) is 1. The maximum Gasteiger partial charge on any atom is 0.0619 e. The molecular weight excluding hydrogens is 162 g/mol. The van der Waals surface area contributed by atoms with Gasteiger partial charge in [0.25, 0.3) is 0 Å². The molecule has 1 aliphatic carbocycles. The molecule has 0 radical (unpaired) electrons. The van der Waals surface area contributed by atoms with E-state index in [1.54, 1.807) is 0 Å². The quantitative estimate of drug-likeness (QED) is 0.626. The number of ether oxygens (including phenoxy) is 1. The fourth-order valence-corrected chi connectivity index (χ4v) is 1.54. The Morgan fingerprint density at radius 2 is 2.15 bits per heavy atom. The third-order valence-electron chi connectivity index (χ3n) is 2.50. The molecule has 0 bridgehead atoms. The lowest BCUT2D eigenvalue weighted by atomic mass is 10.2. The van der Waals surface area contributed by atoms with Gasteiger partial charge in [0.05, 0.1) is 6.61 Å². The van der Waals surface area contributed by atoms with Gasteiger partial charge in [0.2, 0.25) is 0 Å². The van der Waals surface area contributed by atoms with E-state index in [4.69, 9.17) is 4.74 Å². The third-order valence-corrected chi connectivity index (χ3v) is 2.50. The van der Waals surface area contributed by atoms with E-state index in [0.717, 1.165) is 25.7 Å². The summed E-state index contributed by atoms with van der Waals surface area (Å²) in [5.41, 5.74) is 0. The van der Waals surface area contributed by atoms with E-state index in [2.05, 4.69) is 19.2 Å². The molecule has 0 spiro atoms. The van der Waals surface area contributed by atoms with E-state index in [1.165, 1.54) is 25.7 Å². The smallest absolute Gasteiger partial charge is 0.0619 e. The van der Waals surface area contributed by atoms with Gasteiger partial charge in [-0.2, -0.15) is 0 Å². The predicted molar refractivity (Wildman–Crippen MR) is 55.9 cm³/mol. The standard InChI is InChI=1S/C11H23NO/c1-3-5-11(12-4-2)9-13-8-10-6-7-10/h10-12H,3-9H2,1-2H3. The first-order valence-corrected chi connectivity index (χ1v) is 5.68. The highest BCUT2D eigenvalue weighted by atomic mass is 16.5. The predicted octanol–water partition coefficient (Wildman–Crippen LogP) is 2.19. The van der Waals surface area contributed by atoms with Crippen LogP contribution in [0.15, 0.2) is 0 Å². The van der Waals surface area contributed by atoms with E-state index >= 15 is 0 Å². The van der Waals surface area contributed by atoms with Crippen LogP contribution in [0.5, 0.6) is 0 Å². The van der Waals surface area contributed by atoms with Crippen molar-refractivity contribution in [3.8, 4) is 0 Å². The van der Waals surface area contributed by atoms with E-state index in [-0.39, 0.29) is 0 Å². The Balaban J connectivity index is 1.98. The molecule has 1 aliphatic rings. The largest absolute Gasteiger partial charge is 0.380 e. The molecule has 1 unspecified atom stereocenters. The first-order valence-electron chi connectivity index (χ1n) is 5.68. The number of hydrogen-bond acceptors (Lipinski definition) is 2. The number of nitrogens with one attached hydrogen (secondary N) is 1. The molecule has 0 heterocycles. The van der Waals surface area contributed by atoms with Crippen molar-refractivity contribution in [1.29, 1.82) is 0 Å². The minimum Gasteiger partial charge on any atom is -0.380 e. The lowest BCUT2D eigenvalue weighted by Gasteiger charge is -2.16. The van der Waals surface area contributed by atoms with Crippen molar-refractivity contribution < 1.29 is 4.74 Å². The molecule has 0 aromatic carbocycles. The SMILES string of the molecule is CCCC(COCC1CC1)NCC. The Hall–Kier alpha value is -0.0800. The van der Waals surface area contributed by atoms with Crippen molar-refractivity contribution >= 4 is 0 Å². The second kappa shape index (κ2) is 6.39. The second-order valence-electron chi connectivity index (χ2n) is 4.02. The Morgan fingerprint density at radius 3 is 2.69 bits per heavy atom. The molecule has 78 valence electrons.